The minimum atomic E-state index is -0.827. The van der Waals surface area contributed by atoms with Gasteiger partial charge in [0, 0.05) is 62.3 Å². The molecular weight excluding hydrogens is 717 g/mol. The number of aryl methyl sites for hydroxylation is 1. The monoisotopic (exact) mass is 758 g/mol. The van der Waals surface area contributed by atoms with Gasteiger partial charge >= 0.3 is 0 Å². The van der Waals surface area contributed by atoms with E-state index in [1.165, 1.54) is 22.3 Å². The number of carbonyl (C=O) groups excluding carboxylic acids is 3. The molecule has 0 radical (unpaired) electrons. The van der Waals surface area contributed by atoms with Crippen LogP contribution >= 0.6 is 0 Å². The van der Waals surface area contributed by atoms with Crippen molar-refractivity contribution in [3.63, 3.8) is 0 Å². The van der Waals surface area contributed by atoms with Crippen LogP contribution in [0, 0.1) is 0 Å². The lowest BCUT2D eigenvalue weighted by Gasteiger charge is -2.39. The molecule has 1 aromatic heterocycles. The molecule has 57 heavy (non-hydrogen) atoms. The van der Waals surface area contributed by atoms with Crippen molar-refractivity contribution in [3.05, 3.63) is 160 Å². The average Bonchev–Trinajstić information content (AvgIpc) is 3.73. The average molecular weight is 759 g/mol. The molecule has 5 aromatic rings. The largest absolute Gasteiger partial charge is 0.508 e. The second-order valence-electron chi connectivity index (χ2n) is 16.0. The zero-order valence-electron chi connectivity index (χ0n) is 31.4. The molecule has 4 aromatic carbocycles. The Kier molecular flexibility index (Phi) is 8.62. The molecule has 5 aliphatic rings. The van der Waals surface area contributed by atoms with Crippen LogP contribution in [0.5, 0.6) is 11.5 Å². The Morgan fingerprint density at radius 2 is 1.49 bits per heavy atom. The van der Waals surface area contributed by atoms with Crippen LogP contribution in [-0.4, -0.2) is 67.8 Å². The number of likely N-dealkylation sites (tertiary alicyclic amines) is 1. The predicted molar refractivity (Wildman–Crippen MR) is 213 cm³/mol. The SMILES string of the molecule is C=C1CCC(N2C(=O)c3cc4c(cc3C2=O)CN(c2ncc(CN3CC(Oc5ccc(C6c7ccc(O)cc7CCC6c6ccccc6)cc5)C3)cn2)C4)C(=O)N1. The first kappa shape index (κ1) is 35.1. The second kappa shape index (κ2) is 14.0. The van der Waals surface area contributed by atoms with Crippen molar-refractivity contribution in [2.45, 2.75) is 69.3 Å². The number of nitrogens with zero attached hydrogens (tertiary/aromatic N) is 5. The molecule has 286 valence electrons. The fraction of sp³-hybridized carbons (Fsp3) is 0.283. The van der Waals surface area contributed by atoms with E-state index in [-0.39, 0.29) is 17.9 Å². The van der Waals surface area contributed by atoms with Gasteiger partial charge in [-0.2, -0.15) is 0 Å². The first-order valence-corrected chi connectivity index (χ1v) is 19.7. The second-order valence-corrected chi connectivity index (χ2v) is 16.0. The highest BCUT2D eigenvalue weighted by Gasteiger charge is 2.45. The zero-order chi connectivity index (χ0) is 38.8. The van der Waals surface area contributed by atoms with Gasteiger partial charge in [0.1, 0.15) is 23.6 Å². The fourth-order valence-electron chi connectivity index (χ4n) is 9.39. The van der Waals surface area contributed by atoms with Gasteiger partial charge in [-0.05, 0) is 101 Å². The number of allylic oxidation sites excluding steroid dienone is 1. The third kappa shape index (κ3) is 6.41. The normalized spacial score (nSPS) is 21.9. The van der Waals surface area contributed by atoms with Gasteiger partial charge in [0.15, 0.2) is 0 Å². The first-order valence-electron chi connectivity index (χ1n) is 19.7. The molecule has 2 saturated heterocycles. The van der Waals surface area contributed by atoms with Gasteiger partial charge in [-0.3, -0.25) is 24.2 Å². The molecule has 5 heterocycles. The lowest BCUT2D eigenvalue weighted by Crippen LogP contribution is -2.53. The van der Waals surface area contributed by atoms with E-state index in [4.69, 9.17) is 4.74 Å². The number of phenols is 1. The van der Waals surface area contributed by atoms with E-state index in [0.717, 1.165) is 59.8 Å². The number of anilines is 1. The van der Waals surface area contributed by atoms with Crippen molar-refractivity contribution in [1.29, 1.82) is 0 Å². The Hall–Kier alpha value is -6.33. The van der Waals surface area contributed by atoms with E-state index in [1.54, 1.807) is 18.2 Å². The molecule has 2 N–H and O–H groups in total. The van der Waals surface area contributed by atoms with Crippen LogP contribution in [0.2, 0.25) is 0 Å². The van der Waals surface area contributed by atoms with E-state index < -0.39 is 17.9 Å². The van der Waals surface area contributed by atoms with Crippen LogP contribution in [-0.2, 0) is 30.8 Å². The van der Waals surface area contributed by atoms with E-state index >= 15 is 0 Å². The van der Waals surface area contributed by atoms with Crippen molar-refractivity contribution in [2.75, 3.05) is 18.0 Å². The van der Waals surface area contributed by atoms with Crippen LogP contribution in [0.25, 0.3) is 0 Å². The lowest BCUT2D eigenvalue weighted by molar-refractivity contribution is -0.125. The summed E-state index contributed by atoms with van der Waals surface area (Å²) in [6, 6.07) is 27.9. The quantitative estimate of drug-likeness (QED) is 0.178. The number of rotatable bonds is 8. The summed E-state index contributed by atoms with van der Waals surface area (Å²) in [5.74, 6) is 1.10. The predicted octanol–water partition coefficient (Wildman–Crippen LogP) is 6.22. The van der Waals surface area contributed by atoms with Gasteiger partial charge < -0.3 is 20.1 Å². The number of amides is 3. The minimum absolute atomic E-state index is 0.0990. The van der Waals surface area contributed by atoms with E-state index in [0.29, 0.717) is 60.4 Å². The smallest absolute Gasteiger partial charge is 0.262 e. The maximum atomic E-state index is 13.4. The summed E-state index contributed by atoms with van der Waals surface area (Å²) < 4.78 is 6.38. The van der Waals surface area contributed by atoms with Crippen LogP contribution in [0.3, 0.4) is 0 Å². The molecule has 3 amide bonds. The van der Waals surface area contributed by atoms with Crippen molar-refractivity contribution in [2.24, 2.45) is 0 Å². The topological polar surface area (TPSA) is 128 Å². The molecular formula is C46H42N6O5. The molecule has 0 spiro atoms. The third-order valence-corrected chi connectivity index (χ3v) is 12.3. The summed E-state index contributed by atoms with van der Waals surface area (Å²) in [5.41, 5.74) is 9.28. The number of nitrogens with one attached hydrogen (secondary N) is 1. The number of aromatic nitrogens is 2. The van der Waals surface area contributed by atoms with Gasteiger partial charge in [0.05, 0.1) is 11.1 Å². The van der Waals surface area contributed by atoms with Gasteiger partial charge in [-0.15, -0.1) is 0 Å². The van der Waals surface area contributed by atoms with E-state index in [1.807, 2.05) is 23.4 Å². The lowest BCUT2D eigenvalue weighted by atomic mass is 9.69. The van der Waals surface area contributed by atoms with E-state index in [2.05, 4.69) is 87.4 Å². The van der Waals surface area contributed by atoms with Crippen molar-refractivity contribution in [3.8, 4) is 11.5 Å². The van der Waals surface area contributed by atoms with E-state index in [9.17, 15) is 19.5 Å². The number of hydrogen-bond donors (Lipinski definition) is 2. The number of aromatic hydroxyl groups is 1. The van der Waals surface area contributed by atoms with Gasteiger partial charge in [0.2, 0.25) is 11.9 Å². The standard InChI is InChI=1S/C46H42N6O5/c1-27-7-16-41(43(54)49-27)52-44(55)39-18-32-23-51(24-33(32)19-40(39)45(52)56)46-47-20-28(21-48-46)22-50-25-36(26-50)57-35-12-8-30(9-13-35)42-37(29-5-3-2-4-6-29)14-10-31-17-34(53)11-15-38(31)42/h2-6,8-9,11-13,15,17-21,36-37,41-42,53H,1,7,10,14,16,22-26H2,(H,49,54). The molecule has 11 heteroatoms. The molecule has 11 nitrogen and oxygen atoms in total. The maximum Gasteiger partial charge on any atom is 0.262 e. The Morgan fingerprint density at radius 3 is 2.18 bits per heavy atom. The third-order valence-electron chi connectivity index (χ3n) is 12.3. The first-order chi connectivity index (χ1) is 27.8. The highest BCUT2D eigenvalue weighted by atomic mass is 16.5. The molecule has 10 rings (SSSR count). The molecule has 1 aliphatic carbocycles. The summed E-state index contributed by atoms with van der Waals surface area (Å²) in [4.78, 5) is 54.1. The number of piperidine rings is 1. The van der Waals surface area contributed by atoms with Crippen LogP contribution in [0.15, 0.2) is 110 Å². The van der Waals surface area contributed by atoms with Gasteiger partial charge in [-0.25, -0.2) is 9.97 Å². The Labute approximate surface area is 330 Å². The Bertz CT molecular complexity index is 2380. The molecule has 2 fully saturated rings. The Balaban J connectivity index is 0.739. The summed E-state index contributed by atoms with van der Waals surface area (Å²) >= 11 is 0. The highest BCUT2D eigenvalue weighted by molar-refractivity contribution is 6.23. The molecule has 0 saturated carbocycles. The minimum Gasteiger partial charge on any atom is -0.508 e. The number of carbonyl (C=O) groups is 3. The van der Waals surface area contributed by atoms with Crippen LogP contribution in [0.4, 0.5) is 5.95 Å². The summed E-state index contributed by atoms with van der Waals surface area (Å²) in [5, 5.41) is 12.9. The van der Waals surface area contributed by atoms with Crippen molar-refractivity contribution in [1.82, 2.24) is 25.1 Å². The fourth-order valence-corrected chi connectivity index (χ4v) is 9.39. The summed E-state index contributed by atoms with van der Waals surface area (Å²) in [6.07, 6.45) is 6.69. The van der Waals surface area contributed by atoms with Crippen LogP contribution < -0.4 is 15.0 Å². The van der Waals surface area contributed by atoms with Gasteiger partial charge in [-0.1, -0.05) is 55.1 Å². The number of ether oxygens (including phenoxy) is 1. The summed E-state index contributed by atoms with van der Waals surface area (Å²) in [7, 11) is 0. The molecule has 4 aliphatic heterocycles. The molecule has 3 atom stereocenters. The van der Waals surface area contributed by atoms with Gasteiger partial charge in [0.25, 0.3) is 11.8 Å². The number of hydrogen-bond acceptors (Lipinski definition) is 9. The van der Waals surface area contributed by atoms with Crippen LogP contribution in [0.1, 0.15) is 90.8 Å². The summed E-state index contributed by atoms with van der Waals surface area (Å²) in [6.45, 7) is 7.17. The number of fused-ring (bicyclic) bond motifs is 3. The number of imide groups is 1. The Morgan fingerprint density at radius 1 is 0.789 bits per heavy atom. The highest BCUT2D eigenvalue weighted by Crippen LogP contribution is 2.47. The zero-order valence-corrected chi connectivity index (χ0v) is 31.4. The van der Waals surface area contributed by atoms with Crippen molar-refractivity contribution >= 4 is 23.7 Å². The number of benzene rings is 4. The maximum absolute atomic E-state index is 13.4. The molecule has 3 unspecified atom stereocenters. The number of phenolic OH excluding ortho intramolecular Hbond substituents is 1. The van der Waals surface area contributed by atoms with Crippen molar-refractivity contribution < 1.29 is 24.2 Å². The molecule has 0 bridgehead atoms.